The maximum Gasteiger partial charge on any atom is 0.294 e. The normalized spacial score (nSPS) is 10.9. The summed E-state index contributed by atoms with van der Waals surface area (Å²) in [6.45, 7) is 2.07. The molecule has 1 aromatic heterocycles. The van der Waals surface area contributed by atoms with Gasteiger partial charge in [0.25, 0.3) is 5.90 Å². The summed E-state index contributed by atoms with van der Waals surface area (Å²) in [5, 5.41) is 20.0. The van der Waals surface area contributed by atoms with E-state index in [0.29, 0.717) is 6.61 Å². The predicted molar refractivity (Wildman–Crippen MR) is 43.4 cm³/mol. The highest BCUT2D eigenvalue weighted by molar-refractivity contribution is 5.93. The van der Waals surface area contributed by atoms with E-state index in [2.05, 4.69) is 5.16 Å². The van der Waals surface area contributed by atoms with Crippen LogP contribution in [0.15, 0.2) is 21.9 Å². The summed E-state index contributed by atoms with van der Waals surface area (Å²) in [4.78, 5) is 0. The molecule has 0 fully saturated rings. The number of furan rings is 1. The lowest BCUT2D eigenvalue weighted by atomic mass is 10.3. The van der Waals surface area contributed by atoms with Crippen LogP contribution in [0.1, 0.15) is 18.2 Å². The first-order valence-corrected chi connectivity index (χ1v) is 3.66. The van der Waals surface area contributed by atoms with Crippen molar-refractivity contribution in [2.75, 3.05) is 6.61 Å². The van der Waals surface area contributed by atoms with E-state index in [1.165, 1.54) is 12.3 Å². The largest absolute Gasteiger partial charge is 0.473 e. The van der Waals surface area contributed by atoms with Gasteiger partial charge in [-0.25, -0.2) is 0 Å². The van der Waals surface area contributed by atoms with Crippen molar-refractivity contribution in [1.29, 1.82) is 5.26 Å². The summed E-state index contributed by atoms with van der Waals surface area (Å²) in [7, 11) is 0. The van der Waals surface area contributed by atoms with Gasteiger partial charge in [0.05, 0.1) is 12.9 Å². The fraction of sp³-hybridized carbons (Fsp3) is 0.250. The molecule has 0 atom stereocenters. The van der Waals surface area contributed by atoms with E-state index in [4.69, 9.17) is 19.6 Å². The monoisotopic (exact) mass is 180 g/mol. The molecule has 13 heavy (non-hydrogen) atoms. The Balaban J connectivity index is 2.99. The lowest BCUT2D eigenvalue weighted by molar-refractivity contribution is 0.260. The molecule has 0 amide bonds. The molecule has 0 aliphatic heterocycles. The fourth-order valence-electron chi connectivity index (χ4n) is 0.839. The third-order valence-corrected chi connectivity index (χ3v) is 1.35. The molecule has 1 rings (SSSR count). The molecule has 68 valence electrons. The molecule has 1 heterocycles. The molecule has 1 N–H and O–H groups in total. The highest BCUT2D eigenvalue weighted by atomic mass is 16.5. The lowest BCUT2D eigenvalue weighted by Crippen LogP contribution is -2.06. The molecule has 0 spiro atoms. The van der Waals surface area contributed by atoms with Crippen LogP contribution in [0.2, 0.25) is 0 Å². The SMILES string of the molecule is CCOC(=NO)c1occc1C#N. The van der Waals surface area contributed by atoms with Crippen LogP contribution >= 0.6 is 0 Å². The molecule has 0 radical (unpaired) electrons. The Morgan fingerprint density at radius 1 is 1.85 bits per heavy atom. The summed E-state index contributed by atoms with van der Waals surface area (Å²) >= 11 is 0. The molecule has 5 nitrogen and oxygen atoms in total. The molecular formula is C8H8N2O3. The number of oxime groups is 1. The zero-order chi connectivity index (χ0) is 9.68. The molecular weight excluding hydrogens is 172 g/mol. The first-order chi connectivity index (χ1) is 6.33. The second kappa shape index (κ2) is 4.16. The minimum absolute atomic E-state index is 0.0796. The zero-order valence-electron chi connectivity index (χ0n) is 7.02. The van der Waals surface area contributed by atoms with Crippen molar-refractivity contribution in [3.8, 4) is 6.07 Å². The average molecular weight is 180 g/mol. The summed E-state index contributed by atoms with van der Waals surface area (Å²) in [5.41, 5.74) is 0.279. The first-order valence-electron chi connectivity index (χ1n) is 3.66. The molecule has 0 aliphatic carbocycles. The molecule has 0 saturated carbocycles. The summed E-state index contributed by atoms with van der Waals surface area (Å²) < 4.78 is 9.86. The second-order valence-corrected chi connectivity index (χ2v) is 2.11. The molecule has 0 saturated heterocycles. The summed E-state index contributed by atoms with van der Waals surface area (Å²) in [5.74, 6) is 0.0656. The van der Waals surface area contributed by atoms with Crippen molar-refractivity contribution in [1.82, 2.24) is 0 Å². The van der Waals surface area contributed by atoms with Crippen molar-refractivity contribution in [3.05, 3.63) is 23.7 Å². The van der Waals surface area contributed by atoms with Gasteiger partial charge in [0.15, 0.2) is 0 Å². The number of nitriles is 1. The summed E-state index contributed by atoms with van der Waals surface area (Å²) in [6.07, 6.45) is 1.33. The van der Waals surface area contributed by atoms with Gasteiger partial charge in [0.2, 0.25) is 5.76 Å². The van der Waals surface area contributed by atoms with Gasteiger partial charge in [-0.05, 0) is 18.1 Å². The zero-order valence-corrected chi connectivity index (χ0v) is 7.02. The van der Waals surface area contributed by atoms with Crippen molar-refractivity contribution in [2.45, 2.75) is 6.92 Å². The minimum Gasteiger partial charge on any atom is -0.473 e. The number of hydrogen-bond donors (Lipinski definition) is 1. The Morgan fingerprint density at radius 3 is 3.15 bits per heavy atom. The van der Waals surface area contributed by atoms with Crippen LogP contribution in [-0.2, 0) is 4.74 Å². The van der Waals surface area contributed by atoms with Crippen molar-refractivity contribution in [2.24, 2.45) is 5.16 Å². The molecule has 0 bridgehead atoms. The topological polar surface area (TPSA) is 78.8 Å². The van der Waals surface area contributed by atoms with Gasteiger partial charge in [-0.2, -0.15) is 5.26 Å². The van der Waals surface area contributed by atoms with Gasteiger partial charge in [-0.3, -0.25) is 0 Å². The van der Waals surface area contributed by atoms with Crippen LogP contribution in [0.5, 0.6) is 0 Å². The Labute approximate surface area is 74.8 Å². The Hall–Kier alpha value is -1.96. The Kier molecular flexibility index (Phi) is 2.92. The quantitative estimate of drug-likeness (QED) is 0.322. The van der Waals surface area contributed by atoms with Crippen molar-refractivity contribution in [3.63, 3.8) is 0 Å². The van der Waals surface area contributed by atoms with E-state index in [-0.39, 0.29) is 17.2 Å². The summed E-state index contributed by atoms with van der Waals surface area (Å²) in [6, 6.07) is 3.35. The van der Waals surface area contributed by atoms with E-state index in [9.17, 15) is 0 Å². The Bertz CT molecular complexity index is 349. The molecule has 0 aliphatic rings. The maximum absolute atomic E-state index is 8.62. The number of rotatable bonds is 2. The Morgan fingerprint density at radius 2 is 2.62 bits per heavy atom. The van der Waals surface area contributed by atoms with E-state index in [0.717, 1.165) is 0 Å². The van der Waals surface area contributed by atoms with E-state index in [1.54, 1.807) is 6.92 Å². The first kappa shape index (κ1) is 9.13. The van der Waals surface area contributed by atoms with Crippen LogP contribution in [0, 0.1) is 11.3 Å². The third-order valence-electron chi connectivity index (χ3n) is 1.35. The third kappa shape index (κ3) is 1.79. The number of nitrogens with zero attached hydrogens (tertiary/aromatic N) is 2. The van der Waals surface area contributed by atoms with Crippen LogP contribution in [0.4, 0.5) is 0 Å². The van der Waals surface area contributed by atoms with Crippen LogP contribution < -0.4 is 0 Å². The van der Waals surface area contributed by atoms with Gasteiger partial charge in [-0.15, -0.1) is 0 Å². The molecule has 0 aromatic carbocycles. The van der Waals surface area contributed by atoms with E-state index < -0.39 is 0 Å². The molecule has 5 heteroatoms. The highest BCUT2D eigenvalue weighted by Gasteiger charge is 2.14. The van der Waals surface area contributed by atoms with Gasteiger partial charge < -0.3 is 14.4 Å². The van der Waals surface area contributed by atoms with Gasteiger partial charge in [-0.1, -0.05) is 0 Å². The molecule has 1 aromatic rings. The standard InChI is InChI=1S/C8H8N2O3/c1-2-12-8(10-11)7-6(5-9)3-4-13-7/h3-4,11H,2H2,1H3. The van der Waals surface area contributed by atoms with Gasteiger partial charge in [0.1, 0.15) is 11.6 Å². The average Bonchev–Trinajstić information content (AvgIpc) is 2.61. The van der Waals surface area contributed by atoms with Gasteiger partial charge in [0, 0.05) is 0 Å². The minimum atomic E-state index is -0.0796. The van der Waals surface area contributed by atoms with Crippen LogP contribution in [0.3, 0.4) is 0 Å². The lowest BCUT2D eigenvalue weighted by Gasteiger charge is -2.01. The fourth-order valence-corrected chi connectivity index (χ4v) is 0.839. The van der Waals surface area contributed by atoms with Crippen molar-refractivity contribution < 1.29 is 14.4 Å². The maximum atomic E-state index is 8.62. The van der Waals surface area contributed by atoms with Crippen LogP contribution in [0.25, 0.3) is 0 Å². The van der Waals surface area contributed by atoms with E-state index >= 15 is 0 Å². The van der Waals surface area contributed by atoms with Gasteiger partial charge >= 0.3 is 0 Å². The van der Waals surface area contributed by atoms with Crippen molar-refractivity contribution >= 4 is 5.90 Å². The highest BCUT2D eigenvalue weighted by Crippen LogP contribution is 2.11. The van der Waals surface area contributed by atoms with Crippen LogP contribution in [-0.4, -0.2) is 17.7 Å². The second-order valence-electron chi connectivity index (χ2n) is 2.11. The number of hydrogen-bond acceptors (Lipinski definition) is 5. The number of ether oxygens (including phenoxy) is 1. The van der Waals surface area contributed by atoms with E-state index in [1.807, 2.05) is 6.07 Å². The predicted octanol–water partition coefficient (Wildman–Crippen LogP) is 1.32. The smallest absolute Gasteiger partial charge is 0.294 e. The molecule has 0 unspecified atom stereocenters.